The highest BCUT2D eigenvalue weighted by atomic mass is 31.0. The Kier molecular flexibility index (Phi) is 6.06. The van der Waals surface area contributed by atoms with Gasteiger partial charge in [0.05, 0.1) is 9.39 Å². The third-order valence-electron chi connectivity index (χ3n) is 1.88. The number of hydrogen-bond donors (Lipinski definition) is 1. The monoisotopic (exact) mass is 178 g/mol. The summed E-state index contributed by atoms with van der Waals surface area (Å²) in [6.45, 7) is 6.37. The molecular formula is C7H21N3P+. The van der Waals surface area contributed by atoms with Crippen molar-refractivity contribution in [1.29, 1.82) is 0 Å². The number of likely N-dealkylation sites (N-methyl/N-ethyl adjacent to an activating group) is 2. The number of nitrogens with two attached hydrogens (primary N) is 1. The van der Waals surface area contributed by atoms with E-state index in [1.165, 1.54) is 13.1 Å². The van der Waals surface area contributed by atoms with E-state index >= 15 is 0 Å². The van der Waals surface area contributed by atoms with Gasteiger partial charge in [0, 0.05) is 13.1 Å². The number of nitrogens with zero attached hydrogens (tertiary/aromatic N) is 2. The summed E-state index contributed by atoms with van der Waals surface area (Å²) in [6, 6.07) is 0. The standard InChI is InChI=1S/C5H14N3P.C2H6/c1-7-3-4-8(2)5(7)6-9;1-2/h5-6H,3-4,9H2,1-2H3;1-2H3/p+1. The minimum absolute atomic E-state index is 0.537. The molecule has 68 valence electrons. The van der Waals surface area contributed by atoms with Crippen LogP contribution in [0.5, 0.6) is 0 Å². The lowest BCUT2D eigenvalue weighted by Crippen LogP contribution is -2.85. The molecule has 0 saturated carbocycles. The van der Waals surface area contributed by atoms with Gasteiger partial charge in [0.15, 0.2) is 0 Å². The third kappa shape index (κ3) is 3.04. The van der Waals surface area contributed by atoms with Crippen molar-refractivity contribution in [1.82, 2.24) is 9.80 Å². The van der Waals surface area contributed by atoms with Crippen LogP contribution in [0.4, 0.5) is 0 Å². The van der Waals surface area contributed by atoms with E-state index in [9.17, 15) is 0 Å². The Morgan fingerprint density at radius 1 is 1.18 bits per heavy atom. The molecule has 0 aliphatic carbocycles. The van der Waals surface area contributed by atoms with Crippen LogP contribution in [0.25, 0.3) is 0 Å². The quantitative estimate of drug-likeness (QED) is 0.548. The van der Waals surface area contributed by atoms with Crippen LogP contribution in [0.3, 0.4) is 0 Å². The fourth-order valence-corrected chi connectivity index (χ4v) is 1.80. The maximum atomic E-state index is 2.66. The van der Waals surface area contributed by atoms with Gasteiger partial charge in [0.2, 0.25) is 6.29 Å². The zero-order valence-corrected chi connectivity index (χ0v) is 9.20. The van der Waals surface area contributed by atoms with Crippen LogP contribution in [0.1, 0.15) is 13.8 Å². The zero-order chi connectivity index (χ0) is 8.85. The highest BCUT2D eigenvalue weighted by Crippen LogP contribution is 2.02. The highest BCUT2D eigenvalue weighted by molar-refractivity contribution is 7.07. The summed E-state index contributed by atoms with van der Waals surface area (Å²) < 4.78 is 0. The molecular weight excluding hydrogens is 157 g/mol. The molecule has 0 radical (unpaired) electrons. The number of rotatable bonds is 1. The second-order valence-corrected chi connectivity index (χ2v) is 2.95. The molecule has 2 N–H and O–H groups in total. The van der Waals surface area contributed by atoms with Gasteiger partial charge < -0.3 is 5.09 Å². The summed E-state index contributed by atoms with van der Waals surface area (Å²) in [5.41, 5.74) is 0. The van der Waals surface area contributed by atoms with Gasteiger partial charge in [-0.25, -0.2) is 9.80 Å². The first-order valence-corrected chi connectivity index (χ1v) is 4.88. The molecule has 0 spiro atoms. The molecule has 0 bridgehead atoms. The topological polar surface area (TPSA) is 23.1 Å². The smallest absolute Gasteiger partial charge is 0.202 e. The Bertz CT molecular complexity index is 89.7. The molecule has 3 nitrogen and oxygen atoms in total. The van der Waals surface area contributed by atoms with Crippen molar-refractivity contribution in [2.75, 3.05) is 27.2 Å². The van der Waals surface area contributed by atoms with Crippen molar-refractivity contribution < 1.29 is 5.09 Å². The van der Waals surface area contributed by atoms with Crippen molar-refractivity contribution in [3.63, 3.8) is 0 Å². The summed E-state index contributed by atoms with van der Waals surface area (Å²) in [4.78, 5) is 4.65. The SMILES string of the molecule is CC.CN1CCN(C)C1[NH2+]P. The molecule has 0 aromatic carbocycles. The maximum Gasteiger partial charge on any atom is 0.202 e. The van der Waals surface area contributed by atoms with Crippen molar-refractivity contribution >= 4 is 9.39 Å². The van der Waals surface area contributed by atoms with Gasteiger partial charge in [0.25, 0.3) is 0 Å². The lowest BCUT2D eigenvalue weighted by atomic mass is 10.6. The first-order chi connectivity index (χ1) is 5.25. The van der Waals surface area contributed by atoms with Gasteiger partial charge in [-0.15, -0.1) is 0 Å². The van der Waals surface area contributed by atoms with E-state index in [1.54, 1.807) is 0 Å². The van der Waals surface area contributed by atoms with Crippen LogP contribution >= 0.6 is 9.39 Å². The second kappa shape index (κ2) is 5.90. The first kappa shape index (κ1) is 11.3. The molecule has 1 unspecified atom stereocenters. The average Bonchev–Trinajstić information content (AvgIpc) is 2.35. The van der Waals surface area contributed by atoms with Crippen LogP contribution in [0.15, 0.2) is 0 Å². The van der Waals surface area contributed by atoms with Gasteiger partial charge in [-0.3, -0.25) is 0 Å². The van der Waals surface area contributed by atoms with E-state index < -0.39 is 0 Å². The van der Waals surface area contributed by atoms with Crippen molar-refractivity contribution in [2.24, 2.45) is 0 Å². The molecule has 1 rings (SSSR count). The Hall–Kier alpha value is 0.310. The first-order valence-electron chi connectivity index (χ1n) is 4.21. The van der Waals surface area contributed by atoms with Gasteiger partial charge in [-0.1, -0.05) is 13.8 Å². The molecule has 1 fully saturated rings. The zero-order valence-electron chi connectivity index (χ0n) is 8.04. The van der Waals surface area contributed by atoms with Crippen LogP contribution in [0.2, 0.25) is 0 Å². The Morgan fingerprint density at radius 2 is 1.55 bits per heavy atom. The number of quaternary nitrogens is 1. The van der Waals surface area contributed by atoms with Crippen LogP contribution in [0, 0.1) is 0 Å². The number of hydrogen-bond acceptors (Lipinski definition) is 2. The van der Waals surface area contributed by atoms with Crippen LogP contribution in [-0.4, -0.2) is 43.3 Å². The van der Waals surface area contributed by atoms with Gasteiger partial charge in [0.1, 0.15) is 0 Å². The lowest BCUT2D eigenvalue weighted by Gasteiger charge is -2.19. The molecule has 0 aromatic heterocycles. The average molecular weight is 178 g/mol. The predicted molar refractivity (Wildman–Crippen MR) is 52.0 cm³/mol. The van der Waals surface area contributed by atoms with Gasteiger partial charge in [-0.2, -0.15) is 0 Å². The van der Waals surface area contributed by atoms with E-state index in [2.05, 4.69) is 38.4 Å². The van der Waals surface area contributed by atoms with E-state index in [1.807, 2.05) is 13.8 Å². The largest absolute Gasteiger partial charge is 0.309 e. The Labute approximate surface area is 72.4 Å². The molecule has 1 aliphatic rings. The van der Waals surface area contributed by atoms with E-state index in [0.717, 1.165) is 0 Å². The molecule has 11 heavy (non-hydrogen) atoms. The molecule has 1 atom stereocenters. The van der Waals surface area contributed by atoms with Gasteiger partial charge >= 0.3 is 0 Å². The summed E-state index contributed by atoms with van der Waals surface area (Å²) in [5.74, 6) is 0. The third-order valence-corrected chi connectivity index (χ3v) is 2.23. The molecule has 1 heterocycles. The summed E-state index contributed by atoms with van der Waals surface area (Å²) in [5, 5.41) is 2.15. The molecule has 1 aliphatic heterocycles. The Morgan fingerprint density at radius 3 is 1.73 bits per heavy atom. The second-order valence-electron chi connectivity index (χ2n) is 2.57. The van der Waals surface area contributed by atoms with E-state index in [0.29, 0.717) is 6.29 Å². The predicted octanol–water partition coefficient (Wildman–Crippen LogP) is -0.473. The molecule has 0 aromatic rings. The van der Waals surface area contributed by atoms with E-state index in [4.69, 9.17) is 0 Å². The van der Waals surface area contributed by atoms with Crippen molar-refractivity contribution in [2.45, 2.75) is 20.1 Å². The maximum absolute atomic E-state index is 2.66. The fourth-order valence-electron chi connectivity index (χ4n) is 1.21. The van der Waals surface area contributed by atoms with Crippen molar-refractivity contribution in [3.8, 4) is 0 Å². The summed E-state index contributed by atoms with van der Waals surface area (Å²) in [6.07, 6.45) is 0.537. The summed E-state index contributed by atoms with van der Waals surface area (Å²) in [7, 11) is 6.96. The van der Waals surface area contributed by atoms with Crippen LogP contribution in [-0.2, 0) is 0 Å². The van der Waals surface area contributed by atoms with Crippen molar-refractivity contribution in [3.05, 3.63) is 0 Å². The minimum Gasteiger partial charge on any atom is -0.309 e. The summed E-state index contributed by atoms with van der Waals surface area (Å²) >= 11 is 0. The lowest BCUT2D eigenvalue weighted by molar-refractivity contribution is -0.578. The molecule has 0 amide bonds. The molecule has 1 saturated heterocycles. The highest BCUT2D eigenvalue weighted by Gasteiger charge is 2.27. The molecule has 4 heteroatoms. The van der Waals surface area contributed by atoms with E-state index in [-0.39, 0.29) is 0 Å². The fraction of sp³-hybridized carbons (Fsp3) is 1.00. The normalized spacial score (nSPS) is 21.5. The van der Waals surface area contributed by atoms with Crippen LogP contribution < -0.4 is 5.09 Å². The Balaban J connectivity index is 0.000000461. The van der Waals surface area contributed by atoms with Gasteiger partial charge in [-0.05, 0) is 14.1 Å². The minimum atomic E-state index is 0.537.